The van der Waals surface area contributed by atoms with Crippen molar-refractivity contribution in [1.82, 2.24) is 14.5 Å². The third-order valence-electron chi connectivity index (χ3n) is 9.09. The number of fused-ring (bicyclic) bond motifs is 3. The Balaban J connectivity index is 1.46. The Bertz CT molecular complexity index is 1810. The van der Waals surface area contributed by atoms with Crippen LogP contribution in [0.3, 0.4) is 0 Å². The van der Waals surface area contributed by atoms with Gasteiger partial charge in [0.25, 0.3) is 0 Å². The van der Waals surface area contributed by atoms with Gasteiger partial charge in [-0.3, -0.25) is 0 Å². The number of benzene rings is 2. The zero-order valence-electron chi connectivity index (χ0n) is 26.7. The molecule has 6 heteroatoms. The van der Waals surface area contributed by atoms with Crippen LogP contribution in [0.4, 0.5) is 5.95 Å². The van der Waals surface area contributed by atoms with Crippen molar-refractivity contribution >= 4 is 28.0 Å². The minimum Gasteiger partial charge on any atom is -0.438 e. The van der Waals surface area contributed by atoms with Gasteiger partial charge in [0.2, 0.25) is 5.71 Å². The molecule has 2 aromatic carbocycles. The van der Waals surface area contributed by atoms with E-state index in [-0.39, 0.29) is 11.7 Å². The second kappa shape index (κ2) is 10.0. The van der Waals surface area contributed by atoms with Crippen LogP contribution in [-0.2, 0) is 12.6 Å². The van der Waals surface area contributed by atoms with Gasteiger partial charge >= 0.3 is 5.95 Å². The number of aryl methyl sites for hydroxylation is 3. The number of para-hydroxylation sites is 1. The van der Waals surface area contributed by atoms with Crippen LogP contribution in [0.15, 0.2) is 71.7 Å². The van der Waals surface area contributed by atoms with Crippen LogP contribution in [0.2, 0.25) is 0 Å². The molecule has 0 spiro atoms. The molecular weight excluding hydrogens is 518 g/mol. The molecule has 6 rings (SSSR count). The number of anilines is 1. The number of nitrogens with zero attached hydrogens (tertiary/aromatic N) is 5. The molecule has 1 aliphatic rings. The molecule has 1 atom stereocenters. The van der Waals surface area contributed by atoms with Gasteiger partial charge in [-0.25, -0.2) is 19.0 Å². The summed E-state index contributed by atoms with van der Waals surface area (Å²) in [6.07, 6.45) is 8.94. The van der Waals surface area contributed by atoms with E-state index in [1.807, 2.05) is 6.92 Å². The first-order valence-electron chi connectivity index (χ1n) is 15.2. The van der Waals surface area contributed by atoms with Crippen LogP contribution >= 0.6 is 0 Å². The van der Waals surface area contributed by atoms with Crippen molar-refractivity contribution in [2.24, 2.45) is 7.05 Å². The maximum atomic E-state index is 6.27. The highest BCUT2D eigenvalue weighted by Crippen LogP contribution is 2.43. The number of hydrogen-bond donors (Lipinski definition) is 0. The van der Waals surface area contributed by atoms with E-state index >= 15 is 0 Å². The summed E-state index contributed by atoms with van der Waals surface area (Å²) in [5, 5.41) is 2.23. The number of aromatic nitrogens is 3. The van der Waals surface area contributed by atoms with E-state index in [0.29, 0.717) is 17.5 Å². The van der Waals surface area contributed by atoms with E-state index in [1.54, 1.807) is 0 Å². The van der Waals surface area contributed by atoms with Gasteiger partial charge < -0.3 is 9.32 Å². The Morgan fingerprint density at radius 2 is 1.62 bits per heavy atom. The van der Waals surface area contributed by atoms with Crippen LogP contribution in [0.5, 0.6) is 0 Å². The van der Waals surface area contributed by atoms with Gasteiger partial charge in [-0.05, 0) is 86.9 Å². The van der Waals surface area contributed by atoms with Gasteiger partial charge in [-0.2, -0.15) is 0 Å². The molecule has 4 heterocycles. The molecular formula is C36H44N5O+. The van der Waals surface area contributed by atoms with Crippen molar-refractivity contribution < 1.29 is 8.98 Å². The molecule has 42 heavy (non-hydrogen) atoms. The quantitative estimate of drug-likeness (QED) is 0.195. The first-order chi connectivity index (χ1) is 19.9. The lowest BCUT2D eigenvalue weighted by Crippen LogP contribution is -2.49. The summed E-state index contributed by atoms with van der Waals surface area (Å²) in [5.74, 6) is 1.95. The first-order valence-corrected chi connectivity index (χ1v) is 15.2. The van der Waals surface area contributed by atoms with E-state index in [1.165, 1.54) is 27.9 Å². The molecule has 0 saturated heterocycles. The minimum absolute atomic E-state index is 0.0711. The lowest BCUT2D eigenvalue weighted by molar-refractivity contribution is -0.657. The molecule has 5 aromatic rings. The van der Waals surface area contributed by atoms with Crippen LogP contribution in [0.1, 0.15) is 88.2 Å². The van der Waals surface area contributed by atoms with Crippen molar-refractivity contribution in [3.63, 3.8) is 0 Å². The molecule has 218 valence electrons. The summed E-state index contributed by atoms with van der Waals surface area (Å²) in [6.45, 7) is 20.3. The molecule has 3 aromatic heterocycles. The predicted molar refractivity (Wildman–Crippen MR) is 172 cm³/mol. The van der Waals surface area contributed by atoms with E-state index < -0.39 is 0 Å². The third kappa shape index (κ3) is 4.22. The fourth-order valence-electron chi connectivity index (χ4n) is 7.02. The predicted octanol–water partition coefficient (Wildman–Crippen LogP) is 8.33. The van der Waals surface area contributed by atoms with Crippen LogP contribution in [-0.4, -0.2) is 20.6 Å². The van der Waals surface area contributed by atoms with Crippen LogP contribution < -0.4 is 9.47 Å². The summed E-state index contributed by atoms with van der Waals surface area (Å²) in [4.78, 5) is 9.58. The minimum atomic E-state index is -0.328. The van der Waals surface area contributed by atoms with Gasteiger partial charge in [0, 0.05) is 22.7 Å². The summed E-state index contributed by atoms with van der Waals surface area (Å²) >= 11 is 0. The van der Waals surface area contributed by atoms with Crippen molar-refractivity contribution in [2.75, 3.05) is 4.90 Å². The fourth-order valence-corrected chi connectivity index (χ4v) is 7.02. The number of rotatable bonds is 6. The zero-order chi connectivity index (χ0) is 30.1. The summed E-state index contributed by atoms with van der Waals surface area (Å²) < 4.78 is 10.9. The monoisotopic (exact) mass is 562 g/mol. The number of furan rings is 1. The topological polar surface area (TPSA) is 41.3 Å². The zero-order valence-corrected chi connectivity index (χ0v) is 26.7. The van der Waals surface area contributed by atoms with E-state index in [4.69, 9.17) is 9.40 Å². The van der Waals surface area contributed by atoms with Crippen molar-refractivity contribution in [3.05, 3.63) is 95.2 Å². The number of imidazole rings is 1. The second-order valence-electron chi connectivity index (χ2n) is 13.0. The van der Waals surface area contributed by atoms with Crippen molar-refractivity contribution in [1.29, 1.82) is 0 Å². The fraction of sp³-hybridized carbons (Fsp3) is 0.389. The van der Waals surface area contributed by atoms with Crippen molar-refractivity contribution in [3.8, 4) is 5.69 Å². The maximum absolute atomic E-state index is 6.27. The Kier molecular flexibility index (Phi) is 6.71. The lowest BCUT2D eigenvalue weighted by Gasteiger charge is -2.41. The summed E-state index contributed by atoms with van der Waals surface area (Å²) in [7, 11) is 2.14. The number of pyridine rings is 1. The Morgan fingerprint density at radius 3 is 2.29 bits per heavy atom. The molecule has 0 N–H and O–H groups in total. The highest BCUT2D eigenvalue weighted by Gasteiger charge is 2.43. The lowest BCUT2D eigenvalue weighted by atomic mass is 9.85. The van der Waals surface area contributed by atoms with E-state index in [9.17, 15) is 0 Å². The Morgan fingerprint density at radius 1 is 0.929 bits per heavy atom. The maximum Gasteiger partial charge on any atom is 0.370 e. The normalized spacial score (nSPS) is 15.9. The standard InChI is InChI=1S/C36H44N5O/c1-22(2)27-12-11-13-28(23(3)4)33(27)40-19-18-38(10)35(40)39-20-21-41(26(39)7)36(8,9)32-24(5)14-17-30-31(32)29-16-15-25(6)37-34(29)42-30/h11-23,26H,1-10H3/q+1/t26-/m1/s1. The average molecular weight is 563 g/mol. The van der Waals surface area contributed by atoms with Crippen molar-refractivity contribution in [2.45, 2.75) is 85.9 Å². The molecule has 0 radical (unpaired) electrons. The van der Waals surface area contributed by atoms with Gasteiger partial charge in [-0.1, -0.05) is 52.0 Å². The Hall–Kier alpha value is -4.06. The molecule has 0 amide bonds. The van der Waals surface area contributed by atoms with Crippen LogP contribution in [0, 0.1) is 13.8 Å². The van der Waals surface area contributed by atoms with Gasteiger partial charge in [-0.15, -0.1) is 0 Å². The summed E-state index contributed by atoms with van der Waals surface area (Å²) in [6, 6.07) is 15.3. The Labute approximate surface area is 249 Å². The molecule has 6 nitrogen and oxygen atoms in total. The van der Waals surface area contributed by atoms with Gasteiger partial charge in [0.05, 0.1) is 25.0 Å². The average Bonchev–Trinajstić information content (AvgIpc) is 3.61. The van der Waals surface area contributed by atoms with E-state index in [2.05, 4.69) is 149 Å². The van der Waals surface area contributed by atoms with Gasteiger partial charge in [0.15, 0.2) is 6.17 Å². The highest BCUT2D eigenvalue weighted by atomic mass is 16.3. The highest BCUT2D eigenvalue weighted by molar-refractivity contribution is 6.06. The first kappa shape index (κ1) is 28.1. The third-order valence-corrected chi connectivity index (χ3v) is 9.09. The molecule has 0 bridgehead atoms. The van der Waals surface area contributed by atoms with E-state index in [0.717, 1.165) is 28.0 Å². The SMILES string of the molecule is Cc1ccc2c(n1)oc1ccc(C)c(C(C)(C)N3C=CN(c4n(-c5c(C(C)C)cccc5C(C)C)cc[n+]4C)[C@H]3C)c12. The largest absolute Gasteiger partial charge is 0.438 e. The van der Waals surface area contributed by atoms with Gasteiger partial charge in [0.1, 0.15) is 17.5 Å². The molecule has 0 fully saturated rings. The second-order valence-corrected chi connectivity index (χ2v) is 13.0. The molecule has 0 saturated carbocycles. The molecule has 0 unspecified atom stereocenters. The molecule has 0 aliphatic carbocycles. The summed E-state index contributed by atoms with van der Waals surface area (Å²) in [5.41, 5.74) is 8.77. The van der Waals surface area contributed by atoms with Crippen LogP contribution in [0.25, 0.3) is 27.8 Å². The number of hydrogen-bond acceptors (Lipinski definition) is 4. The smallest absolute Gasteiger partial charge is 0.370 e. The molecule has 1 aliphatic heterocycles.